The maximum Gasteiger partial charge on any atom is 0.272 e. The molecule has 0 spiro atoms. The fourth-order valence-electron chi connectivity index (χ4n) is 2.74. The Bertz CT molecular complexity index is 699. The molecular weight excluding hydrogens is 312 g/mol. The molecule has 3 rings (SSSR count). The predicted octanol–water partition coefficient (Wildman–Crippen LogP) is 4.26. The maximum atomic E-state index is 12.3. The van der Waals surface area contributed by atoms with Gasteiger partial charge in [0.05, 0.1) is 11.8 Å². The molecule has 22 heavy (non-hydrogen) atoms. The number of fused-ring (bicyclic) bond motifs is 1. The van der Waals surface area contributed by atoms with E-state index in [4.69, 9.17) is 0 Å². The lowest BCUT2D eigenvalue weighted by atomic mass is 9.88. The summed E-state index contributed by atoms with van der Waals surface area (Å²) in [6.45, 7) is 4.41. The maximum absolute atomic E-state index is 12.3. The SMILES string of the molecule is CCc1ccc(C=NNC(=O)c2csc3c2CCC(C)C3)s1. The number of rotatable bonds is 4. The van der Waals surface area contributed by atoms with E-state index >= 15 is 0 Å². The zero-order valence-corrected chi connectivity index (χ0v) is 14.5. The van der Waals surface area contributed by atoms with Crippen molar-refractivity contribution in [1.82, 2.24) is 5.43 Å². The first kappa shape index (κ1) is 15.4. The van der Waals surface area contributed by atoms with Crippen molar-refractivity contribution < 1.29 is 4.79 Å². The highest BCUT2D eigenvalue weighted by Crippen LogP contribution is 2.32. The number of nitrogens with zero attached hydrogens (tertiary/aromatic N) is 1. The Balaban J connectivity index is 1.65. The van der Waals surface area contributed by atoms with Gasteiger partial charge in [0.15, 0.2) is 0 Å². The Morgan fingerprint density at radius 2 is 2.36 bits per heavy atom. The minimum atomic E-state index is -0.0874. The van der Waals surface area contributed by atoms with Crippen molar-refractivity contribution in [1.29, 1.82) is 0 Å². The minimum absolute atomic E-state index is 0.0874. The Kier molecular flexibility index (Phi) is 4.74. The van der Waals surface area contributed by atoms with E-state index in [-0.39, 0.29) is 5.91 Å². The summed E-state index contributed by atoms with van der Waals surface area (Å²) < 4.78 is 0. The molecule has 1 amide bonds. The standard InChI is InChI=1S/C17H20N2OS2/c1-3-12-5-6-13(22-12)9-18-19-17(20)15-10-21-16-8-11(2)4-7-14(15)16/h5-6,9-11H,3-4,7-8H2,1-2H3,(H,19,20). The van der Waals surface area contributed by atoms with Gasteiger partial charge in [-0.05, 0) is 49.3 Å². The number of carbonyl (C=O) groups excluding carboxylic acids is 1. The Labute approximate surface area is 139 Å². The van der Waals surface area contributed by atoms with Crippen LogP contribution >= 0.6 is 22.7 Å². The lowest BCUT2D eigenvalue weighted by molar-refractivity contribution is 0.0954. The van der Waals surface area contributed by atoms with Crippen LogP contribution in [-0.2, 0) is 19.3 Å². The molecule has 116 valence electrons. The van der Waals surface area contributed by atoms with Gasteiger partial charge in [-0.3, -0.25) is 4.79 Å². The van der Waals surface area contributed by atoms with Gasteiger partial charge >= 0.3 is 0 Å². The highest BCUT2D eigenvalue weighted by molar-refractivity contribution is 7.13. The van der Waals surface area contributed by atoms with E-state index in [0.717, 1.165) is 35.6 Å². The minimum Gasteiger partial charge on any atom is -0.267 e. The number of aryl methyl sites for hydroxylation is 1. The van der Waals surface area contributed by atoms with Crippen LogP contribution in [-0.4, -0.2) is 12.1 Å². The molecule has 1 unspecified atom stereocenters. The first-order valence-electron chi connectivity index (χ1n) is 7.68. The summed E-state index contributed by atoms with van der Waals surface area (Å²) in [6.07, 6.45) is 6.04. The number of amides is 1. The van der Waals surface area contributed by atoms with Crippen LogP contribution in [0.25, 0.3) is 0 Å². The van der Waals surface area contributed by atoms with Crippen LogP contribution < -0.4 is 5.43 Å². The van der Waals surface area contributed by atoms with Crippen LogP contribution in [0.15, 0.2) is 22.6 Å². The second kappa shape index (κ2) is 6.75. The Morgan fingerprint density at radius 1 is 1.50 bits per heavy atom. The topological polar surface area (TPSA) is 41.5 Å². The van der Waals surface area contributed by atoms with Crippen molar-refractivity contribution in [2.45, 2.75) is 39.5 Å². The van der Waals surface area contributed by atoms with Crippen molar-refractivity contribution in [2.24, 2.45) is 11.0 Å². The normalized spacial score (nSPS) is 17.6. The van der Waals surface area contributed by atoms with E-state index in [1.165, 1.54) is 21.7 Å². The molecule has 5 heteroatoms. The molecule has 0 bridgehead atoms. The van der Waals surface area contributed by atoms with E-state index < -0.39 is 0 Å². The van der Waals surface area contributed by atoms with Crippen LogP contribution in [0, 0.1) is 5.92 Å². The largest absolute Gasteiger partial charge is 0.272 e. The number of nitrogens with one attached hydrogen (secondary N) is 1. The van der Waals surface area contributed by atoms with E-state index in [2.05, 4.69) is 30.4 Å². The fraction of sp³-hybridized carbons (Fsp3) is 0.412. The number of carbonyl (C=O) groups is 1. The molecule has 0 saturated heterocycles. The van der Waals surface area contributed by atoms with Crippen molar-refractivity contribution in [3.8, 4) is 0 Å². The van der Waals surface area contributed by atoms with E-state index in [1.54, 1.807) is 28.9 Å². The third-order valence-electron chi connectivity index (χ3n) is 4.04. The molecule has 0 fully saturated rings. The molecule has 3 nitrogen and oxygen atoms in total. The third-order valence-corrected chi connectivity index (χ3v) is 6.25. The van der Waals surface area contributed by atoms with Gasteiger partial charge in [0.25, 0.3) is 5.91 Å². The zero-order valence-electron chi connectivity index (χ0n) is 12.9. The summed E-state index contributed by atoms with van der Waals surface area (Å²) in [5, 5.41) is 6.08. The predicted molar refractivity (Wildman–Crippen MR) is 94.3 cm³/mol. The van der Waals surface area contributed by atoms with Gasteiger partial charge in [-0.1, -0.05) is 13.8 Å². The van der Waals surface area contributed by atoms with Gasteiger partial charge in [0.1, 0.15) is 0 Å². The summed E-state index contributed by atoms with van der Waals surface area (Å²) in [7, 11) is 0. The molecule has 1 aliphatic rings. The molecular formula is C17H20N2OS2. The highest BCUT2D eigenvalue weighted by Gasteiger charge is 2.22. The summed E-state index contributed by atoms with van der Waals surface area (Å²) >= 11 is 3.42. The first-order valence-corrected chi connectivity index (χ1v) is 9.38. The third kappa shape index (κ3) is 3.31. The van der Waals surface area contributed by atoms with Gasteiger partial charge in [-0.25, -0.2) is 5.43 Å². The molecule has 2 aromatic heterocycles. The summed E-state index contributed by atoms with van der Waals surface area (Å²) in [6, 6.07) is 4.14. The van der Waals surface area contributed by atoms with Crippen LogP contribution in [0.5, 0.6) is 0 Å². The number of thiophene rings is 2. The zero-order chi connectivity index (χ0) is 15.5. The number of hydrogen-bond acceptors (Lipinski definition) is 4. The van der Waals surface area contributed by atoms with Crippen molar-refractivity contribution in [3.05, 3.63) is 43.3 Å². The Morgan fingerprint density at radius 3 is 3.14 bits per heavy atom. The summed E-state index contributed by atoms with van der Waals surface area (Å²) in [5.74, 6) is 0.641. The molecule has 1 N–H and O–H groups in total. The molecule has 2 heterocycles. The van der Waals surface area contributed by atoms with Gasteiger partial charge in [-0.15, -0.1) is 22.7 Å². The van der Waals surface area contributed by atoms with Crippen molar-refractivity contribution in [2.75, 3.05) is 0 Å². The molecule has 0 aromatic carbocycles. The lowest BCUT2D eigenvalue weighted by Gasteiger charge is -2.18. The summed E-state index contributed by atoms with van der Waals surface area (Å²) in [5.41, 5.74) is 4.71. The van der Waals surface area contributed by atoms with Gasteiger partial charge in [0.2, 0.25) is 0 Å². The second-order valence-corrected chi connectivity index (χ2v) is 7.92. The molecule has 0 radical (unpaired) electrons. The van der Waals surface area contributed by atoms with Crippen LogP contribution in [0.1, 0.15) is 50.8 Å². The van der Waals surface area contributed by atoms with Crippen LogP contribution in [0.3, 0.4) is 0 Å². The summed E-state index contributed by atoms with van der Waals surface area (Å²) in [4.78, 5) is 16.1. The van der Waals surface area contributed by atoms with Crippen LogP contribution in [0.2, 0.25) is 0 Å². The lowest BCUT2D eigenvalue weighted by Crippen LogP contribution is -2.20. The molecule has 1 aliphatic carbocycles. The number of hydrogen-bond donors (Lipinski definition) is 1. The number of hydrazone groups is 1. The van der Waals surface area contributed by atoms with E-state index in [1.807, 2.05) is 11.4 Å². The smallest absolute Gasteiger partial charge is 0.267 e. The van der Waals surface area contributed by atoms with Crippen molar-refractivity contribution >= 4 is 34.8 Å². The Hall–Kier alpha value is -1.46. The fourth-order valence-corrected chi connectivity index (χ4v) is 4.81. The van der Waals surface area contributed by atoms with Crippen LogP contribution in [0.4, 0.5) is 0 Å². The van der Waals surface area contributed by atoms with Gasteiger partial charge in [-0.2, -0.15) is 5.10 Å². The highest BCUT2D eigenvalue weighted by atomic mass is 32.1. The molecule has 0 saturated carbocycles. The van der Waals surface area contributed by atoms with E-state index in [0.29, 0.717) is 0 Å². The molecule has 2 aromatic rings. The van der Waals surface area contributed by atoms with Crippen molar-refractivity contribution in [3.63, 3.8) is 0 Å². The molecule has 0 aliphatic heterocycles. The van der Waals surface area contributed by atoms with E-state index in [9.17, 15) is 4.79 Å². The average Bonchev–Trinajstić information content (AvgIpc) is 3.13. The quantitative estimate of drug-likeness (QED) is 0.659. The monoisotopic (exact) mass is 332 g/mol. The molecule has 1 atom stereocenters. The average molecular weight is 332 g/mol. The second-order valence-electron chi connectivity index (χ2n) is 5.76. The van der Waals surface area contributed by atoms with Gasteiger partial charge < -0.3 is 0 Å². The first-order chi connectivity index (χ1) is 10.7. The van der Waals surface area contributed by atoms with Gasteiger partial charge in [0, 0.05) is 20.0 Å².